The summed E-state index contributed by atoms with van der Waals surface area (Å²) < 4.78 is 1.72. The maximum absolute atomic E-state index is 10.7. The number of aromatic nitrogens is 2. The molecule has 0 bridgehead atoms. The number of likely N-dealkylation sites (N-methyl/N-ethyl adjacent to an activating group) is 1. The maximum Gasteiger partial charge on any atom is 0.372 e. The molecule has 0 aromatic carbocycles. The van der Waals surface area contributed by atoms with E-state index < -0.39 is 5.97 Å². The lowest BCUT2D eigenvalue weighted by Crippen LogP contribution is -2.45. The predicted molar refractivity (Wildman–Crippen MR) is 45.7 cm³/mol. The Balaban J connectivity index is 2.20. The second-order valence-electron chi connectivity index (χ2n) is 3.34. The lowest BCUT2D eigenvalue weighted by atomic mass is 10.1. The number of rotatable bonds is 2. The van der Waals surface area contributed by atoms with Crippen molar-refractivity contribution in [1.29, 1.82) is 0 Å². The van der Waals surface area contributed by atoms with Crippen molar-refractivity contribution in [3.05, 3.63) is 18.2 Å². The maximum atomic E-state index is 10.7. The summed E-state index contributed by atoms with van der Waals surface area (Å²) in [4.78, 5) is 16.6. The molecule has 5 heteroatoms. The number of carbonyl (C=O) groups is 1. The molecule has 0 atom stereocenters. The molecule has 2 heterocycles. The van der Waals surface area contributed by atoms with Gasteiger partial charge in [-0.2, -0.15) is 0 Å². The third-order valence-electron chi connectivity index (χ3n) is 2.30. The van der Waals surface area contributed by atoms with Crippen molar-refractivity contribution in [2.75, 3.05) is 20.1 Å². The van der Waals surface area contributed by atoms with Crippen LogP contribution in [0.2, 0.25) is 0 Å². The van der Waals surface area contributed by atoms with Crippen molar-refractivity contribution < 1.29 is 9.90 Å². The fourth-order valence-corrected chi connectivity index (χ4v) is 1.62. The van der Waals surface area contributed by atoms with Gasteiger partial charge in [0.2, 0.25) is 5.82 Å². The largest absolute Gasteiger partial charge is 0.475 e. The van der Waals surface area contributed by atoms with Gasteiger partial charge in [-0.25, -0.2) is 9.78 Å². The zero-order valence-electron chi connectivity index (χ0n) is 7.34. The Kier molecular flexibility index (Phi) is 1.81. The highest BCUT2D eigenvalue weighted by Crippen LogP contribution is 2.20. The van der Waals surface area contributed by atoms with Gasteiger partial charge in [-0.1, -0.05) is 0 Å². The van der Waals surface area contributed by atoms with E-state index in [1.165, 1.54) is 6.20 Å². The molecular formula is C8H11N3O2. The Labute approximate surface area is 75.6 Å². The number of hydrogen-bond donors (Lipinski definition) is 1. The van der Waals surface area contributed by atoms with Gasteiger partial charge in [0.05, 0.1) is 6.04 Å². The monoisotopic (exact) mass is 181 g/mol. The first-order valence-electron chi connectivity index (χ1n) is 4.13. The summed E-state index contributed by atoms with van der Waals surface area (Å²) in [7, 11) is 2.01. The Hall–Kier alpha value is -1.36. The van der Waals surface area contributed by atoms with Gasteiger partial charge in [0.25, 0.3) is 0 Å². The van der Waals surface area contributed by atoms with Crippen LogP contribution >= 0.6 is 0 Å². The molecular weight excluding hydrogens is 170 g/mol. The van der Waals surface area contributed by atoms with Gasteiger partial charge in [0.15, 0.2) is 0 Å². The molecule has 0 aliphatic carbocycles. The summed E-state index contributed by atoms with van der Waals surface area (Å²) in [5.41, 5.74) is 0. The Bertz CT molecular complexity index is 328. The number of aromatic carboxylic acids is 1. The van der Waals surface area contributed by atoms with Crippen LogP contribution in [0, 0.1) is 0 Å². The Morgan fingerprint density at radius 1 is 1.69 bits per heavy atom. The summed E-state index contributed by atoms with van der Waals surface area (Å²) in [5.74, 6) is -0.822. The summed E-state index contributed by atoms with van der Waals surface area (Å²) in [5, 5.41) is 8.79. The van der Waals surface area contributed by atoms with Crippen LogP contribution in [0.1, 0.15) is 16.7 Å². The fraction of sp³-hybridized carbons (Fsp3) is 0.500. The van der Waals surface area contributed by atoms with E-state index >= 15 is 0 Å². The predicted octanol–water partition coefficient (Wildman–Crippen LogP) is 0.0678. The number of likely N-dealkylation sites (tertiary alicyclic amines) is 1. The minimum atomic E-state index is -0.959. The molecule has 70 valence electrons. The molecule has 0 amide bonds. The molecule has 1 aromatic rings. The van der Waals surface area contributed by atoms with Crippen LogP contribution in [-0.4, -0.2) is 45.7 Å². The van der Waals surface area contributed by atoms with Gasteiger partial charge in [-0.15, -0.1) is 0 Å². The van der Waals surface area contributed by atoms with Crippen LogP contribution in [0.5, 0.6) is 0 Å². The smallest absolute Gasteiger partial charge is 0.372 e. The average Bonchev–Trinajstić information content (AvgIpc) is 2.45. The van der Waals surface area contributed by atoms with E-state index in [-0.39, 0.29) is 11.9 Å². The number of imidazole rings is 1. The quantitative estimate of drug-likeness (QED) is 0.701. The van der Waals surface area contributed by atoms with Gasteiger partial charge < -0.3 is 14.6 Å². The lowest BCUT2D eigenvalue weighted by Gasteiger charge is -2.37. The highest BCUT2D eigenvalue weighted by Gasteiger charge is 2.27. The van der Waals surface area contributed by atoms with E-state index in [2.05, 4.69) is 9.88 Å². The third kappa shape index (κ3) is 1.31. The summed E-state index contributed by atoms with van der Waals surface area (Å²) >= 11 is 0. The molecule has 0 spiro atoms. The number of nitrogens with zero attached hydrogens (tertiary/aromatic N) is 3. The van der Waals surface area contributed by atoms with E-state index in [4.69, 9.17) is 5.11 Å². The van der Waals surface area contributed by atoms with E-state index in [1.807, 2.05) is 7.05 Å². The van der Waals surface area contributed by atoms with Gasteiger partial charge in [0, 0.05) is 25.5 Å². The normalized spacial score (nSPS) is 18.5. The average molecular weight is 181 g/mol. The van der Waals surface area contributed by atoms with Crippen LogP contribution in [0.3, 0.4) is 0 Å². The zero-order valence-corrected chi connectivity index (χ0v) is 7.34. The molecule has 1 N–H and O–H groups in total. The fourth-order valence-electron chi connectivity index (χ4n) is 1.62. The molecule has 2 rings (SSSR count). The topological polar surface area (TPSA) is 58.4 Å². The van der Waals surface area contributed by atoms with Crippen molar-refractivity contribution in [1.82, 2.24) is 14.5 Å². The van der Waals surface area contributed by atoms with Crippen molar-refractivity contribution in [3.63, 3.8) is 0 Å². The standard InChI is InChI=1S/C8H11N3O2/c1-10-4-6(5-10)11-3-2-9-7(11)8(12)13/h2-3,6H,4-5H2,1H3,(H,12,13). The Morgan fingerprint density at radius 2 is 2.38 bits per heavy atom. The molecule has 1 aliphatic rings. The van der Waals surface area contributed by atoms with Gasteiger partial charge in [0.1, 0.15) is 0 Å². The first-order valence-corrected chi connectivity index (χ1v) is 4.13. The van der Waals surface area contributed by atoms with Crippen LogP contribution in [0.15, 0.2) is 12.4 Å². The molecule has 1 aliphatic heterocycles. The van der Waals surface area contributed by atoms with Crippen LogP contribution < -0.4 is 0 Å². The molecule has 13 heavy (non-hydrogen) atoms. The van der Waals surface area contributed by atoms with Crippen molar-refractivity contribution in [3.8, 4) is 0 Å². The highest BCUT2D eigenvalue weighted by molar-refractivity contribution is 5.83. The molecule has 1 aromatic heterocycles. The van der Waals surface area contributed by atoms with E-state index in [1.54, 1.807) is 10.8 Å². The van der Waals surface area contributed by atoms with Gasteiger partial charge in [-0.3, -0.25) is 0 Å². The van der Waals surface area contributed by atoms with Gasteiger partial charge >= 0.3 is 5.97 Å². The number of carboxylic acid groups (broad SMARTS) is 1. The Morgan fingerprint density at radius 3 is 2.92 bits per heavy atom. The van der Waals surface area contributed by atoms with Crippen molar-refractivity contribution in [2.24, 2.45) is 0 Å². The molecule has 1 saturated heterocycles. The third-order valence-corrected chi connectivity index (χ3v) is 2.30. The van der Waals surface area contributed by atoms with E-state index in [0.717, 1.165) is 13.1 Å². The summed E-state index contributed by atoms with van der Waals surface area (Å²) in [6.45, 7) is 1.80. The highest BCUT2D eigenvalue weighted by atomic mass is 16.4. The SMILES string of the molecule is CN1CC(n2ccnc2C(=O)O)C1. The van der Waals surface area contributed by atoms with Crippen LogP contribution in [-0.2, 0) is 0 Å². The second kappa shape index (κ2) is 2.85. The molecule has 0 saturated carbocycles. The van der Waals surface area contributed by atoms with E-state index in [0.29, 0.717) is 0 Å². The minimum absolute atomic E-state index is 0.137. The lowest BCUT2D eigenvalue weighted by molar-refractivity contribution is 0.0658. The van der Waals surface area contributed by atoms with E-state index in [9.17, 15) is 4.79 Å². The second-order valence-corrected chi connectivity index (χ2v) is 3.34. The first-order chi connectivity index (χ1) is 6.18. The first kappa shape index (κ1) is 8.25. The molecule has 1 fully saturated rings. The summed E-state index contributed by atoms with van der Waals surface area (Å²) in [6, 6.07) is 0.276. The minimum Gasteiger partial charge on any atom is -0.475 e. The van der Waals surface area contributed by atoms with Crippen molar-refractivity contribution in [2.45, 2.75) is 6.04 Å². The number of carboxylic acids is 1. The molecule has 0 unspecified atom stereocenters. The zero-order chi connectivity index (χ0) is 9.42. The summed E-state index contributed by atoms with van der Waals surface area (Å²) in [6.07, 6.45) is 3.25. The van der Waals surface area contributed by atoms with Gasteiger partial charge in [-0.05, 0) is 7.05 Å². The van der Waals surface area contributed by atoms with Crippen molar-refractivity contribution >= 4 is 5.97 Å². The van der Waals surface area contributed by atoms with Crippen LogP contribution in [0.4, 0.5) is 0 Å². The van der Waals surface area contributed by atoms with Crippen LogP contribution in [0.25, 0.3) is 0 Å². The molecule has 0 radical (unpaired) electrons. The number of hydrogen-bond acceptors (Lipinski definition) is 3. The molecule has 5 nitrogen and oxygen atoms in total.